The van der Waals surface area contributed by atoms with Crippen molar-refractivity contribution in [1.82, 2.24) is 5.32 Å². The molecule has 0 aliphatic heterocycles. The second kappa shape index (κ2) is 5.77. The van der Waals surface area contributed by atoms with Crippen LogP contribution in [-0.2, 0) is 4.43 Å². The van der Waals surface area contributed by atoms with Gasteiger partial charge in [0.25, 0.3) is 6.43 Å². The summed E-state index contributed by atoms with van der Waals surface area (Å²) in [6.07, 6.45) is -4.23. The summed E-state index contributed by atoms with van der Waals surface area (Å²) in [5.74, 6) is 0. The lowest BCUT2D eigenvalue weighted by atomic mass is 10.2. The van der Waals surface area contributed by atoms with Crippen LogP contribution >= 0.6 is 0 Å². The lowest BCUT2D eigenvalue weighted by Crippen LogP contribution is -2.48. The number of carboxylic acid groups (broad SMARTS) is 1. The zero-order valence-corrected chi connectivity index (χ0v) is 11.9. The molecule has 2 N–H and O–H groups in total. The summed E-state index contributed by atoms with van der Waals surface area (Å²) in [5, 5.41) is 10.1. The Morgan fingerprint density at radius 1 is 1.41 bits per heavy atom. The molecule has 0 aromatic carbocycles. The molecule has 0 radical (unpaired) electrons. The molecule has 0 rings (SSSR count). The Kier molecular flexibility index (Phi) is 5.53. The second-order valence-electron chi connectivity index (χ2n) is 5.46. The van der Waals surface area contributed by atoms with Crippen LogP contribution in [0.5, 0.6) is 0 Å². The third kappa shape index (κ3) is 5.45. The van der Waals surface area contributed by atoms with Crippen molar-refractivity contribution in [3.05, 3.63) is 0 Å². The Morgan fingerprint density at radius 2 is 1.88 bits per heavy atom. The van der Waals surface area contributed by atoms with Gasteiger partial charge in [-0.1, -0.05) is 20.8 Å². The van der Waals surface area contributed by atoms with Crippen molar-refractivity contribution in [1.29, 1.82) is 0 Å². The Bertz CT molecular complexity index is 267. The van der Waals surface area contributed by atoms with Crippen LogP contribution in [-0.4, -0.2) is 38.6 Å². The average molecular weight is 269 g/mol. The van der Waals surface area contributed by atoms with Crippen molar-refractivity contribution < 1.29 is 23.1 Å². The lowest BCUT2D eigenvalue weighted by molar-refractivity contribution is 0.0666. The molecule has 1 amide bonds. The number of rotatable bonds is 5. The molecule has 102 valence electrons. The van der Waals surface area contributed by atoms with Gasteiger partial charge in [0, 0.05) is 0 Å². The van der Waals surface area contributed by atoms with E-state index >= 15 is 0 Å². The van der Waals surface area contributed by atoms with Crippen molar-refractivity contribution in [3.63, 3.8) is 0 Å². The van der Waals surface area contributed by atoms with Crippen molar-refractivity contribution in [2.75, 3.05) is 6.61 Å². The predicted molar refractivity (Wildman–Crippen MR) is 64.1 cm³/mol. The molecular weight excluding hydrogens is 248 g/mol. The Morgan fingerprint density at radius 3 is 2.18 bits per heavy atom. The maximum absolute atomic E-state index is 12.5. The van der Waals surface area contributed by atoms with Crippen LogP contribution in [0.3, 0.4) is 0 Å². The molecular formula is C10H21F2NO3Si. The van der Waals surface area contributed by atoms with Gasteiger partial charge in [0.05, 0.1) is 6.61 Å². The molecule has 0 aliphatic carbocycles. The van der Waals surface area contributed by atoms with Crippen LogP contribution < -0.4 is 5.32 Å². The van der Waals surface area contributed by atoms with Crippen LogP contribution in [0.15, 0.2) is 0 Å². The number of carbonyl (C=O) groups is 1. The van der Waals surface area contributed by atoms with Gasteiger partial charge in [-0.15, -0.1) is 0 Å². The maximum Gasteiger partial charge on any atom is 0.405 e. The molecule has 0 saturated carbocycles. The van der Waals surface area contributed by atoms with Gasteiger partial charge in [-0.3, -0.25) is 0 Å². The van der Waals surface area contributed by atoms with Gasteiger partial charge in [-0.05, 0) is 18.1 Å². The molecule has 4 nitrogen and oxygen atoms in total. The van der Waals surface area contributed by atoms with Crippen molar-refractivity contribution in [2.45, 2.75) is 51.4 Å². The number of nitrogens with one attached hydrogen (secondary N) is 1. The van der Waals surface area contributed by atoms with Crippen LogP contribution in [0.2, 0.25) is 18.1 Å². The Balaban J connectivity index is 4.45. The lowest BCUT2D eigenvalue weighted by Gasteiger charge is -2.37. The largest absolute Gasteiger partial charge is 0.465 e. The van der Waals surface area contributed by atoms with Crippen LogP contribution in [0.1, 0.15) is 20.8 Å². The van der Waals surface area contributed by atoms with Crippen molar-refractivity contribution in [2.24, 2.45) is 0 Å². The number of hydrogen-bond acceptors (Lipinski definition) is 2. The van der Waals surface area contributed by atoms with E-state index in [1.54, 1.807) is 5.32 Å². The molecule has 0 aromatic heterocycles. The van der Waals surface area contributed by atoms with E-state index in [9.17, 15) is 13.6 Å². The molecule has 0 spiro atoms. The van der Waals surface area contributed by atoms with E-state index in [0.717, 1.165) is 0 Å². The minimum absolute atomic E-state index is 0.0943. The van der Waals surface area contributed by atoms with E-state index < -0.39 is 26.9 Å². The molecule has 0 heterocycles. The summed E-state index contributed by atoms with van der Waals surface area (Å²) in [5.41, 5.74) is 0. The fraction of sp³-hybridized carbons (Fsp3) is 0.900. The predicted octanol–water partition coefficient (Wildman–Crippen LogP) is 2.91. The minimum Gasteiger partial charge on any atom is -0.465 e. The van der Waals surface area contributed by atoms with Crippen LogP contribution in [0.25, 0.3) is 0 Å². The summed E-state index contributed by atoms with van der Waals surface area (Å²) in [7, 11) is -2.13. The molecule has 0 aromatic rings. The summed E-state index contributed by atoms with van der Waals surface area (Å²) >= 11 is 0. The number of amides is 1. The third-order valence-electron chi connectivity index (χ3n) is 3.04. The van der Waals surface area contributed by atoms with Gasteiger partial charge in [-0.25, -0.2) is 13.6 Å². The Labute approximate surface area is 101 Å². The SMILES string of the molecule is CC(C)(C)[Si](C)(C)OC[C@@H](NC(=O)O)C(F)F. The van der Waals surface area contributed by atoms with Gasteiger partial charge in [-0.2, -0.15) is 0 Å². The highest BCUT2D eigenvalue weighted by Gasteiger charge is 2.38. The summed E-state index contributed by atoms with van der Waals surface area (Å²) < 4.78 is 30.6. The first-order valence-electron chi connectivity index (χ1n) is 5.39. The molecule has 0 fully saturated rings. The summed E-state index contributed by atoms with van der Waals surface area (Å²) in [6.45, 7) is 9.52. The van der Waals surface area contributed by atoms with Gasteiger partial charge >= 0.3 is 6.09 Å². The van der Waals surface area contributed by atoms with Crippen LogP contribution in [0, 0.1) is 0 Å². The zero-order chi connectivity index (χ0) is 13.9. The normalized spacial score (nSPS) is 14.8. The average Bonchev–Trinajstić information content (AvgIpc) is 2.09. The van der Waals surface area contributed by atoms with E-state index in [-0.39, 0.29) is 11.6 Å². The highest BCUT2D eigenvalue weighted by Crippen LogP contribution is 2.36. The van der Waals surface area contributed by atoms with E-state index in [2.05, 4.69) is 0 Å². The first kappa shape index (κ1) is 16.3. The van der Waals surface area contributed by atoms with Gasteiger partial charge in [0.15, 0.2) is 8.32 Å². The number of alkyl halides is 2. The second-order valence-corrected chi connectivity index (χ2v) is 10.3. The summed E-state index contributed by atoms with van der Waals surface area (Å²) in [6, 6.07) is -1.47. The standard InChI is InChI=1S/C10H21F2NO3Si/c1-10(2,3)17(4,5)16-6-7(8(11)12)13-9(14)15/h7-8,13H,6H2,1-5H3,(H,14,15)/t7-/m1/s1. The van der Waals surface area contributed by atoms with E-state index in [1.807, 2.05) is 33.9 Å². The topological polar surface area (TPSA) is 58.6 Å². The molecule has 0 bridgehead atoms. The quantitative estimate of drug-likeness (QED) is 0.754. The molecule has 1 atom stereocenters. The van der Waals surface area contributed by atoms with Gasteiger partial charge < -0.3 is 14.8 Å². The molecule has 7 heteroatoms. The molecule has 0 saturated heterocycles. The highest BCUT2D eigenvalue weighted by atomic mass is 28.4. The van der Waals surface area contributed by atoms with Crippen molar-refractivity contribution in [3.8, 4) is 0 Å². The summed E-state index contributed by atoms with van der Waals surface area (Å²) in [4.78, 5) is 10.3. The zero-order valence-electron chi connectivity index (χ0n) is 10.9. The third-order valence-corrected chi connectivity index (χ3v) is 7.54. The number of halogens is 2. The van der Waals surface area contributed by atoms with Crippen LogP contribution in [0.4, 0.5) is 13.6 Å². The van der Waals surface area contributed by atoms with Crippen molar-refractivity contribution >= 4 is 14.4 Å². The minimum atomic E-state index is -2.77. The van der Waals surface area contributed by atoms with E-state index in [1.165, 1.54) is 0 Å². The highest BCUT2D eigenvalue weighted by molar-refractivity contribution is 6.74. The maximum atomic E-state index is 12.5. The van der Waals surface area contributed by atoms with Gasteiger partial charge in [0.1, 0.15) is 6.04 Å². The van der Waals surface area contributed by atoms with Gasteiger partial charge in [0.2, 0.25) is 0 Å². The number of hydrogen-bond donors (Lipinski definition) is 2. The fourth-order valence-corrected chi connectivity index (χ4v) is 1.88. The first-order valence-corrected chi connectivity index (χ1v) is 8.30. The Hall–Kier alpha value is -0.693. The molecule has 17 heavy (non-hydrogen) atoms. The molecule has 0 aliphatic rings. The monoisotopic (exact) mass is 269 g/mol. The van der Waals surface area contributed by atoms with E-state index in [4.69, 9.17) is 9.53 Å². The molecule has 0 unspecified atom stereocenters. The fourth-order valence-electron chi connectivity index (χ4n) is 0.851. The first-order chi connectivity index (χ1) is 7.47. The van der Waals surface area contributed by atoms with E-state index in [0.29, 0.717) is 0 Å². The smallest absolute Gasteiger partial charge is 0.405 e.